The van der Waals surface area contributed by atoms with Gasteiger partial charge in [-0.05, 0) is 36.8 Å². The van der Waals surface area contributed by atoms with Gasteiger partial charge in [-0.3, -0.25) is 19.6 Å². The number of carbonyl (C=O) groups is 2. The van der Waals surface area contributed by atoms with Gasteiger partial charge in [-0.1, -0.05) is 60.7 Å². The summed E-state index contributed by atoms with van der Waals surface area (Å²) < 4.78 is 0. The van der Waals surface area contributed by atoms with Crippen molar-refractivity contribution in [2.75, 3.05) is 26.4 Å². The van der Waals surface area contributed by atoms with Crippen LogP contribution in [-0.2, 0) is 22.4 Å². The Hall–Kier alpha value is -2.70. The molecule has 2 aromatic rings. The first-order valence-electron chi connectivity index (χ1n) is 10.7. The summed E-state index contributed by atoms with van der Waals surface area (Å²) in [6, 6.07) is 20.7. The van der Waals surface area contributed by atoms with E-state index in [1.807, 2.05) is 46.4 Å². The van der Waals surface area contributed by atoms with Crippen LogP contribution in [0.2, 0.25) is 0 Å². The lowest BCUT2D eigenvalue weighted by molar-refractivity contribution is -0.221. The Morgan fingerprint density at radius 1 is 0.667 bits per heavy atom. The van der Waals surface area contributed by atoms with Crippen LogP contribution in [-0.4, -0.2) is 58.3 Å². The quantitative estimate of drug-likeness (QED) is 0.672. The van der Waals surface area contributed by atoms with Crippen molar-refractivity contribution in [1.29, 1.82) is 0 Å². The number of benzene rings is 2. The molecule has 0 saturated carbocycles. The SMILES string of the molecule is CC(=O)N1CN(CCCc2ccccc2)N(C(C)=O)CN1CCCc1ccccc1. The first kappa shape index (κ1) is 22.0. The Balaban J connectivity index is 1.58. The smallest absolute Gasteiger partial charge is 0.235 e. The van der Waals surface area contributed by atoms with Gasteiger partial charge in [0.25, 0.3) is 0 Å². The number of hydrogen-bond donors (Lipinski definition) is 0. The Labute approximate surface area is 179 Å². The van der Waals surface area contributed by atoms with Crippen LogP contribution in [0.3, 0.4) is 0 Å². The Bertz CT molecular complexity index is 743. The number of carbonyl (C=O) groups excluding carboxylic acids is 2. The molecule has 1 fully saturated rings. The van der Waals surface area contributed by atoms with Crippen molar-refractivity contribution in [2.45, 2.75) is 39.5 Å². The highest BCUT2D eigenvalue weighted by atomic mass is 16.2. The third kappa shape index (κ3) is 6.15. The second-order valence-corrected chi connectivity index (χ2v) is 7.76. The van der Waals surface area contributed by atoms with Gasteiger partial charge in [0.05, 0.1) is 0 Å². The number of aryl methyl sites for hydroxylation is 2. The normalized spacial score (nSPS) is 15.4. The Kier molecular flexibility index (Phi) is 7.99. The van der Waals surface area contributed by atoms with Crippen LogP contribution >= 0.6 is 0 Å². The van der Waals surface area contributed by atoms with Gasteiger partial charge in [0.1, 0.15) is 13.3 Å². The molecule has 1 saturated heterocycles. The molecule has 2 amide bonds. The third-order valence-electron chi connectivity index (χ3n) is 5.45. The average Bonchev–Trinajstić information content (AvgIpc) is 2.75. The van der Waals surface area contributed by atoms with E-state index in [1.165, 1.54) is 11.1 Å². The Morgan fingerprint density at radius 2 is 1.03 bits per heavy atom. The van der Waals surface area contributed by atoms with Gasteiger partial charge >= 0.3 is 0 Å². The molecule has 1 aliphatic rings. The minimum atomic E-state index is 0.00553. The molecule has 30 heavy (non-hydrogen) atoms. The van der Waals surface area contributed by atoms with E-state index in [0.717, 1.165) is 38.8 Å². The summed E-state index contributed by atoms with van der Waals surface area (Å²) in [5.41, 5.74) is 2.57. The molecule has 0 atom stereocenters. The molecule has 1 aliphatic heterocycles. The summed E-state index contributed by atoms with van der Waals surface area (Å²) in [6.07, 6.45) is 3.75. The number of hydrazine groups is 2. The van der Waals surface area contributed by atoms with Gasteiger partial charge in [0.2, 0.25) is 11.8 Å². The van der Waals surface area contributed by atoms with Crippen molar-refractivity contribution < 1.29 is 9.59 Å². The molecule has 0 spiro atoms. The van der Waals surface area contributed by atoms with E-state index < -0.39 is 0 Å². The molecule has 6 nitrogen and oxygen atoms in total. The fraction of sp³-hybridized carbons (Fsp3) is 0.417. The zero-order valence-electron chi connectivity index (χ0n) is 18.0. The maximum absolute atomic E-state index is 12.3. The van der Waals surface area contributed by atoms with Gasteiger partial charge in [-0.15, -0.1) is 0 Å². The van der Waals surface area contributed by atoms with Crippen LogP contribution in [0.5, 0.6) is 0 Å². The van der Waals surface area contributed by atoms with E-state index in [2.05, 4.69) is 24.3 Å². The van der Waals surface area contributed by atoms with E-state index in [4.69, 9.17) is 0 Å². The second kappa shape index (κ2) is 10.9. The van der Waals surface area contributed by atoms with Crippen LogP contribution in [0.25, 0.3) is 0 Å². The van der Waals surface area contributed by atoms with E-state index in [9.17, 15) is 9.59 Å². The number of rotatable bonds is 8. The van der Waals surface area contributed by atoms with Crippen molar-refractivity contribution >= 4 is 11.8 Å². The molecule has 0 bridgehead atoms. The molecule has 3 rings (SSSR count). The van der Waals surface area contributed by atoms with Crippen molar-refractivity contribution in [3.63, 3.8) is 0 Å². The van der Waals surface area contributed by atoms with Crippen LogP contribution < -0.4 is 0 Å². The molecule has 0 unspecified atom stereocenters. The fourth-order valence-corrected chi connectivity index (χ4v) is 3.84. The molecule has 0 aliphatic carbocycles. The van der Waals surface area contributed by atoms with Gasteiger partial charge in [0.15, 0.2) is 0 Å². The zero-order valence-corrected chi connectivity index (χ0v) is 18.0. The lowest BCUT2D eigenvalue weighted by Gasteiger charge is -2.49. The summed E-state index contributed by atoms with van der Waals surface area (Å²) in [6.45, 7) is 5.47. The largest absolute Gasteiger partial charge is 0.274 e. The van der Waals surface area contributed by atoms with E-state index in [1.54, 1.807) is 23.9 Å². The summed E-state index contributed by atoms with van der Waals surface area (Å²) in [5.74, 6) is 0.0111. The fourth-order valence-electron chi connectivity index (χ4n) is 3.84. The third-order valence-corrected chi connectivity index (χ3v) is 5.45. The van der Waals surface area contributed by atoms with Crippen LogP contribution in [0.4, 0.5) is 0 Å². The minimum absolute atomic E-state index is 0.00553. The molecule has 0 radical (unpaired) electrons. The summed E-state index contributed by atoms with van der Waals surface area (Å²) in [4.78, 5) is 24.6. The molecule has 6 heteroatoms. The zero-order chi connectivity index (χ0) is 21.3. The first-order valence-corrected chi connectivity index (χ1v) is 10.7. The van der Waals surface area contributed by atoms with Crippen LogP contribution in [0.1, 0.15) is 37.8 Å². The monoisotopic (exact) mass is 408 g/mol. The molecular formula is C24H32N4O2. The maximum atomic E-state index is 12.3. The van der Waals surface area contributed by atoms with Crippen LogP contribution in [0, 0.1) is 0 Å². The van der Waals surface area contributed by atoms with E-state index >= 15 is 0 Å². The number of hydrogen-bond acceptors (Lipinski definition) is 4. The molecule has 2 aromatic carbocycles. The highest BCUT2D eigenvalue weighted by Crippen LogP contribution is 2.17. The standard InChI is InChI=1S/C24H32N4O2/c1-21(29)27-19-26(18-10-16-24-13-7-4-8-14-24)28(22(2)30)20-25(27)17-9-15-23-11-5-3-6-12-23/h3-8,11-14H,9-10,15-20H2,1-2H3. The Morgan fingerprint density at radius 3 is 1.37 bits per heavy atom. The molecule has 0 aromatic heterocycles. The van der Waals surface area contributed by atoms with Crippen molar-refractivity contribution in [2.24, 2.45) is 0 Å². The van der Waals surface area contributed by atoms with Crippen molar-refractivity contribution in [3.05, 3.63) is 71.8 Å². The predicted octanol–water partition coefficient (Wildman–Crippen LogP) is 3.31. The van der Waals surface area contributed by atoms with Crippen molar-refractivity contribution in [3.8, 4) is 0 Å². The average molecular weight is 409 g/mol. The maximum Gasteiger partial charge on any atom is 0.235 e. The second-order valence-electron chi connectivity index (χ2n) is 7.76. The topological polar surface area (TPSA) is 47.1 Å². The summed E-state index contributed by atoms with van der Waals surface area (Å²) in [7, 11) is 0. The molecular weight excluding hydrogens is 376 g/mol. The first-order chi connectivity index (χ1) is 14.5. The highest BCUT2D eigenvalue weighted by molar-refractivity contribution is 5.74. The lowest BCUT2D eigenvalue weighted by Crippen LogP contribution is -2.65. The van der Waals surface area contributed by atoms with Gasteiger partial charge < -0.3 is 0 Å². The lowest BCUT2D eigenvalue weighted by atomic mass is 10.1. The van der Waals surface area contributed by atoms with E-state index in [0.29, 0.717) is 13.3 Å². The summed E-state index contributed by atoms with van der Waals surface area (Å²) >= 11 is 0. The number of amides is 2. The molecule has 0 N–H and O–H groups in total. The minimum Gasteiger partial charge on any atom is -0.274 e. The van der Waals surface area contributed by atoms with Crippen LogP contribution in [0.15, 0.2) is 60.7 Å². The van der Waals surface area contributed by atoms with E-state index in [-0.39, 0.29) is 11.8 Å². The van der Waals surface area contributed by atoms with Crippen molar-refractivity contribution in [1.82, 2.24) is 20.0 Å². The molecule has 160 valence electrons. The van der Waals surface area contributed by atoms with Gasteiger partial charge in [-0.25, -0.2) is 0 Å². The van der Waals surface area contributed by atoms with Gasteiger partial charge in [-0.2, -0.15) is 10.0 Å². The molecule has 1 heterocycles. The van der Waals surface area contributed by atoms with Gasteiger partial charge in [0, 0.05) is 26.9 Å². The predicted molar refractivity (Wildman–Crippen MR) is 118 cm³/mol. The highest BCUT2D eigenvalue weighted by Gasteiger charge is 2.33. The number of nitrogens with zero attached hydrogens (tertiary/aromatic N) is 4. The summed E-state index contributed by atoms with van der Waals surface area (Å²) in [5, 5.41) is 7.54.